The van der Waals surface area contributed by atoms with Gasteiger partial charge in [-0.15, -0.1) is 0 Å². The van der Waals surface area contributed by atoms with Crippen LogP contribution in [0.2, 0.25) is 0 Å². The van der Waals surface area contributed by atoms with Crippen LogP contribution in [0.15, 0.2) is 34.8 Å². The van der Waals surface area contributed by atoms with Crippen molar-refractivity contribution in [1.29, 1.82) is 0 Å². The lowest BCUT2D eigenvalue weighted by molar-refractivity contribution is -0.385. The molecule has 2 aromatic carbocycles. The molecule has 2 aromatic rings. The van der Waals surface area contributed by atoms with Crippen LogP contribution in [0.25, 0.3) is 0 Å². The van der Waals surface area contributed by atoms with Gasteiger partial charge in [-0.3, -0.25) is 14.9 Å². The maximum atomic E-state index is 12.6. The first-order chi connectivity index (χ1) is 11.9. The van der Waals surface area contributed by atoms with E-state index in [-0.39, 0.29) is 22.7 Å². The van der Waals surface area contributed by atoms with Crippen LogP contribution >= 0.6 is 15.9 Å². The maximum Gasteiger partial charge on any atom is 0.286 e. The Balaban J connectivity index is 2.44. The predicted molar refractivity (Wildman–Crippen MR) is 97.6 cm³/mol. The molecule has 1 amide bonds. The number of amides is 1. The summed E-state index contributed by atoms with van der Waals surface area (Å²) >= 11 is 3.38. The van der Waals surface area contributed by atoms with E-state index in [0.29, 0.717) is 12.3 Å². The molecular formula is C17H17BrN2O5. The monoisotopic (exact) mass is 408 g/mol. The number of aryl methyl sites for hydroxylation is 1. The van der Waals surface area contributed by atoms with Gasteiger partial charge in [0.2, 0.25) is 0 Å². The molecule has 2 rings (SSSR count). The van der Waals surface area contributed by atoms with Crippen molar-refractivity contribution in [1.82, 2.24) is 0 Å². The number of nitrogens with zero attached hydrogens (tertiary/aromatic N) is 1. The predicted octanol–water partition coefficient (Wildman–Crippen LogP) is 4.33. The molecule has 0 saturated heterocycles. The van der Waals surface area contributed by atoms with Gasteiger partial charge < -0.3 is 14.8 Å². The Bertz CT molecular complexity index is 823. The van der Waals surface area contributed by atoms with E-state index in [1.54, 1.807) is 25.1 Å². The first-order valence-corrected chi connectivity index (χ1v) is 8.23. The summed E-state index contributed by atoms with van der Waals surface area (Å²) in [6, 6.07) is 7.77. The number of benzene rings is 2. The van der Waals surface area contributed by atoms with E-state index in [1.165, 1.54) is 19.2 Å². The lowest BCUT2D eigenvalue weighted by atomic mass is 10.1. The highest BCUT2D eigenvalue weighted by Crippen LogP contribution is 2.35. The quantitative estimate of drug-likeness (QED) is 0.567. The molecule has 0 unspecified atom stereocenters. The molecule has 0 bridgehead atoms. The lowest BCUT2D eigenvalue weighted by Gasteiger charge is -2.12. The van der Waals surface area contributed by atoms with Crippen molar-refractivity contribution in [2.75, 3.05) is 19.0 Å². The minimum Gasteiger partial charge on any atom is -0.493 e. The van der Waals surface area contributed by atoms with Gasteiger partial charge in [0.1, 0.15) is 5.56 Å². The van der Waals surface area contributed by atoms with Gasteiger partial charge in [-0.05, 0) is 37.6 Å². The minimum atomic E-state index is -0.625. The van der Waals surface area contributed by atoms with Crippen molar-refractivity contribution < 1.29 is 19.2 Å². The molecule has 0 aliphatic rings. The van der Waals surface area contributed by atoms with Crippen LogP contribution in [0.4, 0.5) is 11.4 Å². The average molecular weight is 409 g/mol. The zero-order chi connectivity index (χ0) is 18.6. The molecule has 8 heteroatoms. The van der Waals surface area contributed by atoms with Gasteiger partial charge in [-0.2, -0.15) is 0 Å². The van der Waals surface area contributed by atoms with Gasteiger partial charge in [-0.1, -0.05) is 15.9 Å². The molecule has 7 nitrogen and oxygen atoms in total. The molecular weight excluding hydrogens is 392 g/mol. The van der Waals surface area contributed by atoms with E-state index in [4.69, 9.17) is 9.47 Å². The summed E-state index contributed by atoms with van der Waals surface area (Å²) in [5.74, 6) is -0.130. The maximum absolute atomic E-state index is 12.6. The molecule has 0 saturated carbocycles. The first kappa shape index (κ1) is 18.7. The molecule has 0 aromatic heterocycles. The largest absolute Gasteiger partial charge is 0.493 e. The Kier molecular flexibility index (Phi) is 5.97. The number of hydrogen-bond acceptors (Lipinski definition) is 5. The van der Waals surface area contributed by atoms with Gasteiger partial charge in [0.25, 0.3) is 11.6 Å². The molecule has 0 fully saturated rings. The van der Waals surface area contributed by atoms with Crippen molar-refractivity contribution in [3.63, 3.8) is 0 Å². The molecule has 132 valence electrons. The number of anilines is 1. The second-order valence-corrected chi connectivity index (χ2v) is 5.98. The van der Waals surface area contributed by atoms with Crippen LogP contribution in [0.1, 0.15) is 22.8 Å². The molecule has 0 aliphatic heterocycles. The second-order valence-electron chi connectivity index (χ2n) is 5.13. The fourth-order valence-corrected chi connectivity index (χ4v) is 2.48. The van der Waals surface area contributed by atoms with Gasteiger partial charge in [0.05, 0.1) is 24.7 Å². The fourth-order valence-electron chi connectivity index (χ4n) is 2.23. The number of rotatable bonds is 6. The van der Waals surface area contributed by atoms with Crippen LogP contribution in [0.5, 0.6) is 11.5 Å². The van der Waals surface area contributed by atoms with Crippen LogP contribution in [0.3, 0.4) is 0 Å². The molecule has 0 aliphatic carbocycles. The minimum absolute atomic E-state index is 0.102. The Morgan fingerprint density at radius 2 is 2.00 bits per heavy atom. The third kappa shape index (κ3) is 4.27. The number of hydrogen-bond donors (Lipinski definition) is 1. The third-order valence-electron chi connectivity index (χ3n) is 3.44. The second kappa shape index (κ2) is 7.98. The Morgan fingerprint density at radius 3 is 2.56 bits per heavy atom. The number of nitro benzene ring substituents is 1. The standard InChI is InChI=1S/C17H17BrN2O5/c1-4-25-16-8-12(14(20(22)23)9-15(16)24-3)17(21)19-11-5-6-13(18)10(2)7-11/h5-9H,4H2,1-3H3,(H,19,21). The zero-order valence-corrected chi connectivity index (χ0v) is 15.5. The summed E-state index contributed by atoms with van der Waals surface area (Å²) in [5, 5.41) is 14.0. The number of nitrogens with one attached hydrogen (secondary N) is 1. The average Bonchev–Trinajstić information content (AvgIpc) is 2.57. The van der Waals surface area contributed by atoms with Crippen LogP contribution in [-0.4, -0.2) is 24.5 Å². The topological polar surface area (TPSA) is 90.7 Å². The van der Waals surface area contributed by atoms with Gasteiger partial charge in [0, 0.05) is 16.2 Å². The van der Waals surface area contributed by atoms with Crippen molar-refractivity contribution in [2.45, 2.75) is 13.8 Å². The highest BCUT2D eigenvalue weighted by molar-refractivity contribution is 9.10. The first-order valence-electron chi connectivity index (χ1n) is 7.44. The van der Waals surface area contributed by atoms with Crippen LogP contribution in [0, 0.1) is 17.0 Å². The highest BCUT2D eigenvalue weighted by atomic mass is 79.9. The van der Waals surface area contributed by atoms with Crippen molar-refractivity contribution in [2.24, 2.45) is 0 Å². The number of ether oxygens (including phenoxy) is 2. The van der Waals surface area contributed by atoms with Crippen molar-refractivity contribution >= 4 is 33.2 Å². The highest BCUT2D eigenvalue weighted by Gasteiger charge is 2.25. The number of halogens is 1. The molecule has 25 heavy (non-hydrogen) atoms. The SMILES string of the molecule is CCOc1cc(C(=O)Nc2ccc(Br)c(C)c2)c([N+](=O)[O-])cc1OC. The summed E-state index contributed by atoms with van der Waals surface area (Å²) in [4.78, 5) is 23.3. The number of methoxy groups -OCH3 is 1. The molecule has 1 N–H and O–H groups in total. The zero-order valence-electron chi connectivity index (χ0n) is 14.0. The van der Waals surface area contributed by atoms with E-state index >= 15 is 0 Å². The number of carbonyl (C=O) groups is 1. The van der Waals surface area contributed by atoms with Gasteiger partial charge in [-0.25, -0.2) is 0 Å². The summed E-state index contributed by atoms with van der Waals surface area (Å²) in [6.45, 7) is 3.98. The van der Waals surface area contributed by atoms with E-state index < -0.39 is 10.8 Å². The molecule has 0 radical (unpaired) electrons. The van der Waals surface area contributed by atoms with Crippen molar-refractivity contribution in [3.8, 4) is 11.5 Å². The van der Waals surface area contributed by atoms with Crippen molar-refractivity contribution in [3.05, 3.63) is 56.0 Å². The molecule has 0 spiro atoms. The fraction of sp³-hybridized carbons (Fsp3) is 0.235. The van der Waals surface area contributed by atoms with E-state index in [9.17, 15) is 14.9 Å². The van der Waals surface area contributed by atoms with Gasteiger partial charge >= 0.3 is 0 Å². The summed E-state index contributed by atoms with van der Waals surface area (Å²) in [6.07, 6.45) is 0. The smallest absolute Gasteiger partial charge is 0.286 e. The van der Waals surface area contributed by atoms with E-state index in [0.717, 1.165) is 10.0 Å². The normalized spacial score (nSPS) is 10.2. The number of nitro groups is 1. The molecule has 0 atom stereocenters. The number of carbonyl (C=O) groups excluding carboxylic acids is 1. The lowest BCUT2D eigenvalue weighted by Crippen LogP contribution is -2.14. The van der Waals surface area contributed by atoms with E-state index in [1.807, 2.05) is 6.92 Å². The Morgan fingerprint density at radius 1 is 1.28 bits per heavy atom. The summed E-state index contributed by atoms with van der Waals surface area (Å²) < 4.78 is 11.4. The van der Waals surface area contributed by atoms with Crippen LogP contribution in [-0.2, 0) is 0 Å². The third-order valence-corrected chi connectivity index (χ3v) is 4.33. The molecule has 0 heterocycles. The van der Waals surface area contributed by atoms with Gasteiger partial charge in [0.15, 0.2) is 11.5 Å². The summed E-state index contributed by atoms with van der Waals surface area (Å²) in [7, 11) is 1.38. The Hall–Kier alpha value is -2.61. The summed E-state index contributed by atoms with van der Waals surface area (Å²) in [5.41, 5.74) is 1.01. The Labute approximate surface area is 153 Å². The van der Waals surface area contributed by atoms with E-state index in [2.05, 4.69) is 21.2 Å². The van der Waals surface area contributed by atoms with Crippen LogP contribution < -0.4 is 14.8 Å².